The van der Waals surface area contributed by atoms with Crippen LogP contribution in [0.25, 0.3) is 0 Å². The van der Waals surface area contributed by atoms with Crippen LogP contribution in [0, 0.1) is 0 Å². The van der Waals surface area contributed by atoms with Crippen LogP contribution in [-0.2, 0) is 10.1 Å². The summed E-state index contributed by atoms with van der Waals surface area (Å²) in [4.78, 5) is 0. The number of rotatable bonds is 20. The van der Waals surface area contributed by atoms with Crippen LogP contribution in [0.3, 0.4) is 0 Å². The van der Waals surface area contributed by atoms with Crippen molar-refractivity contribution in [1.29, 1.82) is 0 Å². The van der Waals surface area contributed by atoms with E-state index in [1.807, 2.05) is 6.92 Å². The summed E-state index contributed by atoms with van der Waals surface area (Å²) < 4.78 is 49.6. The molecule has 0 rings (SSSR count). The number of unbranched alkanes of at least 4 members (excludes halogenated alkanes) is 11. The fraction of sp³-hybridized carbons (Fsp3) is 1.00. The van der Waals surface area contributed by atoms with E-state index in [2.05, 4.69) is 34.6 Å². The molecular weight excluding hydrogens is 425 g/mol. The van der Waals surface area contributed by atoms with Crippen LogP contribution in [0.1, 0.15) is 138 Å². The largest absolute Gasteiger partial charge is 0.745 e. The molecule has 196 valence electrons. The van der Waals surface area contributed by atoms with Crippen LogP contribution in [0.2, 0.25) is 0 Å². The number of alkyl halides is 1. The molecule has 0 fully saturated rings. The zero-order valence-corrected chi connectivity index (χ0v) is 23.2. The second-order valence-electron chi connectivity index (χ2n) is 9.33. The lowest BCUT2D eigenvalue weighted by Gasteiger charge is -2.34. The highest BCUT2D eigenvalue weighted by Crippen LogP contribution is 2.32. The van der Waals surface area contributed by atoms with Gasteiger partial charge in [0, 0.05) is 0 Å². The summed E-state index contributed by atoms with van der Waals surface area (Å²) in [5.74, 6) is 0. The Morgan fingerprint density at radius 3 is 1.12 bits per heavy atom. The maximum atomic E-state index is 14.5. The van der Waals surface area contributed by atoms with Gasteiger partial charge in [-0.1, -0.05) is 84.5 Å². The first-order valence-corrected chi connectivity index (χ1v) is 15.0. The molecule has 0 heterocycles. The lowest BCUT2D eigenvalue weighted by molar-refractivity contribution is -0.921. The van der Waals surface area contributed by atoms with Gasteiger partial charge in [-0.05, 0) is 53.4 Å². The number of quaternary nitrogens is 1. The third-order valence-corrected chi connectivity index (χ3v) is 8.49. The predicted octanol–water partition coefficient (Wildman–Crippen LogP) is 7.97. The van der Waals surface area contributed by atoms with Crippen LogP contribution >= 0.6 is 0 Å². The molecule has 0 radical (unpaired) electrons. The van der Waals surface area contributed by atoms with E-state index in [-0.39, 0.29) is 12.8 Å². The van der Waals surface area contributed by atoms with Crippen molar-refractivity contribution in [2.75, 3.05) is 26.2 Å². The van der Waals surface area contributed by atoms with Crippen molar-refractivity contribution in [3.05, 3.63) is 0 Å². The Morgan fingerprint density at radius 2 is 0.875 bits per heavy atom. The highest BCUT2D eigenvalue weighted by Gasteiger charge is 2.36. The molecule has 4 nitrogen and oxygen atoms in total. The van der Waals surface area contributed by atoms with E-state index in [0.717, 1.165) is 38.5 Å². The molecule has 0 spiro atoms. The Labute approximate surface area is 201 Å². The molecule has 32 heavy (non-hydrogen) atoms. The van der Waals surface area contributed by atoms with Gasteiger partial charge in [0.15, 0.2) is 5.00 Å². The first-order valence-electron chi connectivity index (χ1n) is 13.6. The first-order chi connectivity index (χ1) is 15.1. The minimum atomic E-state index is -4.88. The highest BCUT2D eigenvalue weighted by atomic mass is 32.2. The minimum Gasteiger partial charge on any atom is -0.745 e. The SMILES string of the molecule is CCCCCCCCCCCC(F)(CCCCCC)S(=O)(=O)[O-].CC[N+](CC)(CC)CC. The van der Waals surface area contributed by atoms with Crippen LogP contribution in [0.5, 0.6) is 0 Å². The average molecular weight is 482 g/mol. The van der Waals surface area contributed by atoms with Crippen LogP contribution in [0.4, 0.5) is 4.39 Å². The molecule has 0 aliphatic heterocycles. The summed E-state index contributed by atoms with van der Waals surface area (Å²) in [5, 5.41) is -2.55. The van der Waals surface area contributed by atoms with Gasteiger partial charge in [-0.25, -0.2) is 12.8 Å². The monoisotopic (exact) mass is 481 g/mol. The topological polar surface area (TPSA) is 57.2 Å². The van der Waals surface area contributed by atoms with E-state index < -0.39 is 15.1 Å². The zero-order chi connectivity index (χ0) is 24.9. The number of nitrogens with zero attached hydrogens (tertiary/aromatic N) is 1. The van der Waals surface area contributed by atoms with Gasteiger partial charge in [0.1, 0.15) is 10.1 Å². The van der Waals surface area contributed by atoms with Crippen LogP contribution < -0.4 is 0 Å². The number of hydrogen-bond acceptors (Lipinski definition) is 3. The Morgan fingerprint density at radius 1 is 0.594 bits per heavy atom. The van der Waals surface area contributed by atoms with Gasteiger partial charge in [-0.15, -0.1) is 0 Å². The van der Waals surface area contributed by atoms with E-state index in [1.54, 1.807) is 0 Å². The standard InChI is InChI=1S/C18H37FO3S.C8H20N/c1-3-5-7-9-10-11-12-13-15-17-18(19,23(20,21)22)16-14-8-6-4-2;1-5-9(6-2,7-3)8-4/h3-17H2,1-2H3,(H,20,21,22);5-8H2,1-4H3/q;+1/p-1. The summed E-state index contributed by atoms with van der Waals surface area (Å²) in [7, 11) is -4.88. The summed E-state index contributed by atoms with van der Waals surface area (Å²) in [6.45, 7) is 18.4. The molecule has 0 aliphatic carbocycles. The molecule has 6 heteroatoms. The molecule has 0 saturated carbocycles. The van der Waals surface area contributed by atoms with Crippen molar-refractivity contribution >= 4 is 10.1 Å². The van der Waals surface area contributed by atoms with Gasteiger partial charge in [-0.2, -0.15) is 0 Å². The Balaban J connectivity index is 0. The molecule has 0 aliphatic rings. The van der Waals surface area contributed by atoms with Crippen molar-refractivity contribution in [2.45, 2.75) is 143 Å². The summed E-state index contributed by atoms with van der Waals surface area (Å²) in [6, 6.07) is 0. The molecule has 1 unspecified atom stereocenters. The Kier molecular flexibility index (Phi) is 21.4. The predicted molar refractivity (Wildman–Crippen MR) is 137 cm³/mol. The zero-order valence-electron chi connectivity index (χ0n) is 22.4. The quantitative estimate of drug-likeness (QED) is 0.101. The van der Waals surface area contributed by atoms with E-state index >= 15 is 0 Å². The fourth-order valence-corrected chi connectivity index (χ4v) is 5.02. The van der Waals surface area contributed by atoms with Crippen molar-refractivity contribution < 1.29 is 21.8 Å². The third kappa shape index (κ3) is 15.6. The molecule has 0 bridgehead atoms. The van der Waals surface area contributed by atoms with Crippen molar-refractivity contribution in [3.8, 4) is 0 Å². The fourth-order valence-electron chi connectivity index (χ4n) is 4.23. The van der Waals surface area contributed by atoms with Crippen LogP contribution in [0.15, 0.2) is 0 Å². The van der Waals surface area contributed by atoms with E-state index in [4.69, 9.17) is 0 Å². The average Bonchev–Trinajstić information content (AvgIpc) is 2.77. The number of hydrogen-bond donors (Lipinski definition) is 0. The van der Waals surface area contributed by atoms with Gasteiger partial charge < -0.3 is 9.04 Å². The van der Waals surface area contributed by atoms with E-state index in [9.17, 15) is 17.4 Å². The second kappa shape index (κ2) is 20.2. The van der Waals surface area contributed by atoms with Gasteiger partial charge in [0.05, 0.1) is 26.2 Å². The van der Waals surface area contributed by atoms with Crippen LogP contribution in [-0.4, -0.2) is 48.6 Å². The molecule has 0 saturated heterocycles. The van der Waals surface area contributed by atoms with E-state index in [0.29, 0.717) is 12.8 Å². The Bertz CT molecular complexity index is 492. The minimum absolute atomic E-state index is 0.138. The molecule has 0 aromatic carbocycles. The van der Waals surface area contributed by atoms with Crippen molar-refractivity contribution in [1.82, 2.24) is 0 Å². The van der Waals surface area contributed by atoms with Crippen molar-refractivity contribution in [2.24, 2.45) is 0 Å². The lowest BCUT2D eigenvalue weighted by atomic mass is 10.0. The lowest BCUT2D eigenvalue weighted by Crippen LogP contribution is -2.47. The summed E-state index contributed by atoms with van der Waals surface area (Å²) >= 11 is 0. The maximum absolute atomic E-state index is 14.5. The summed E-state index contributed by atoms with van der Waals surface area (Å²) in [6.07, 6.45) is 12.6. The molecule has 0 amide bonds. The van der Waals surface area contributed by atoms with Gasteiger partial charge in [0.25, 0.3) is 0 Å². The second-order valence-corrected chi connectivity index (χ2v) is 11.0. The Hall–Kier alpha value is -0.200. The molecular formula is C26H56FNO3S. The van der Waals surface area contributed by atoms with E-state index in [1.165, 1.54) is 62.8 Å². The molecule has 1 atom stereocenters. The van der Waals surface area contributed by atoms with Gasteiger partial charge in [-0.3, -0.25) is 0 Å². The maximum Gasteiger partial charge on any atom is 0.199 e. The van der Waals surface area contributed by atoms with Gasteiger partial charge in [0.2, 0.25) is 0 Å². The molecule has 0 aromatic rings. The normalized spacial score (nSPS) is 14.0. The first kappa shape index (κ1) is 34.0. The van der Waals surface area contributed by atoms with Crippen molar-refractivity contribution in [3.63, 3.8) is 0 Å². The smallest absolute Gasteiger partial charge is 0.199 e. The van der Waals surface area contributed by atoms with Gasteiger partial charge >= 0.3 is 0 Å². The highest BCUT2D eigenvalue weighted by molar-refractivity contribution is 7.87. The number of halogens is 1. The summed E-state index contributed by atoms with van der Waals surface area (Å²) in [5.41, 5.74) is 0. The molecule has 0 N–H and O–H groups in total. The molecule has 0 aromatic heterocycles. The third-order valence-electron chi connectivity index (χ3n) is 7.19.